The molecule has 1 fully saturated rings. The first kappa shape index (κ1) is 20.9. The lowest BCUT2D eigenvalue weighted by Crippen LogP contribution is -2.45. The lowest BCUT2D eigenvalue weighted by Gasteiger charge is -2.35. The number of halogens is 1. The summed E-state index contributed by atoms with van der Waals surface area (Å²) in [6, 6.07) is 13.7. The molecule has 0 N–H and O–H groups in total. The maximum absolute atomic E-state index is 13.5. The zero-order valence-corrected chi connectivity index (χ0v) is 18.6. The Morgan fingerprint density at radius 3 is 2.37 bits per heavy atom. The van der Waals surface area contributed by atoms with Crippen molar-refractivity contribution in [2.45, 2.75) is 42.9 Å². The fourth-order valence-electron chi connectivity index (χ4n) is 3.64. The standard InChI is InChI=1S/C22H23ClN2O4S/c1-14-5-4-6-17(11-14)20-24-21(30(26,27)19-9-7-18(23)8-10-19)22(29-20)25-12-15(2)28-16(3)13-25/h4-11,15-16H,12-13H2,1-3H3/t15-,16-/m1/s1. The molecule has 6 nitrogen and oxygen atoms in total. The van der Waals surface area contributed by atoms with Gasteiger partial charge in [0, 0.05) is 23.7 Å². The molecule has 2 heterocycles. The van der Waals surface area contributed by atoms with Crippen molar-refractivity contribution in [3.05, 3.63) is 59.1 Å². The van der Waals surface area contributed by atoms with E-state index in [0.29, 0.717) is 18.1 Å². The van der Waals surface area contributed by atoms with Crippen molar-refractivity contribution in [2.24, 2.45) is 0 Å². The number of hydrogen-bond donors (Lipinski definition) is 0. The Kier molecular flexibility index (Phi) is 5.61. The van der Waals surface area contributed by atoms with Gasteiger partial charge < -0.3 is 14.1 Å². The Morgan fingerprint density at radius 2 is 1.73 bits per heavy atom. The second kappa shape index (κ2) is 8.06. The molecule has 1 saturated heterocycles. The van der Waals surface area contributed by atoms with Crippen LogP contribution in [0.5, 0.6) is 0 Å². The molecule has 158 valence electrons. The van der Waals surface area contributed by atoms with Crippen LogP contribution in [0.1, 0.15) is 19.4 Å². The van der Waals surface area contributed by atoms with Crippen LogP contribution in [-0.2, 0) is 14.6 Å². The van der Waals surface area contributed by atoms with E-state index in [1.165, 1.54) is 12.1 Å². The molecule has 0 unspecified atom stereocenters. The Balaban J connectivity index is 1.86. The van der Waals surface area contributed by atoms with Crippen LogP contribution in [0, 0.1) is 6.92 Å². The molecule has 1 aromatic heterocycles. The number of benzene rings is 2. The van der Waals surface area contributed by atoms with Crippen molar-refractivity contribution >= 4 is 27.3 Å². The summed E-state index contributed by atoms with van der Waals surface area (Å²) >= 11 is 5.94. The highest BCUT2D eigenvalue weighted by Crippen LogP contribution is 2.36. The van der Waals surface area contributed by atoms with Gasteiger partial charge in [0.25, 0.3) is 0 Å². The maximum atomic E-state index is 13.5. The largest absolute Gasteiger partial charge is 0.419 e. The van der Waals surface area contributed by atoms with Crippen LogP contribution >= 0.6 is 11.6 Å². The highest BCUT2D eigenvalue weighted by Gasteiger charge is 2.34. The van der Waals surface area contributed by atoms with E-state index >= 15 is 0 Å². The van der Waals surface area contributed by atoms with Gasteiger partial charge in [-0.1, -0.05) is 29.3 Å². The smallest absolute Gasteiger partial charge is 0.236 e. The monoisotopic (exact) mass is 446 g/mol. The zero-order chi connectivity index (χ0) is 21.5. The normalized spacial score (nSPS) is 19.8. The van der Waals surface area contributed by atoms with Crippen molar-refractivity contribution in [1.82, 2.24) is 4.98 Å². The third kappa shape index (κ3) is 4.10. The van der Waals surface area contributed by atoms with Gasteiger partial charge >= 0.3 is 0 Å². The molecule has 0 bridgehead atoms. The number of hydrogen-bond acceptors (Lipinski definition) is 6. The number of aryl methyl sites for hydroxylation is 1. The topological polar surface area (TPSA) is 72.6 Å². The Morgan fingerprint density at radius 1 is 1.07 bits per heavy atom. The van der Waals surface area contributed by atoms with Crippen LogP contribution in [0.15, 0.2) is 62.9 Å². The molecule has 3 aromatic rings. The summed E-state index contributed by atoms with van der Waals surface area (Å²) in [4.78, 5) is 6.46. The number of sulfone groups is 1. The second-order valence-electron chi connectivity index (χ2n) is 7.62. The highest BCUT2D eigenvalue weighted by atomic mass is 35.5. The predicted molar refractivity (Wildman–Crippen MR) is 116 cm³/mol. The first-order chi connectivity index (χ1) is 14.2. The van der Waals surface area contributed by atoms with Crippen LogP contribution in [0.4, 0.5) is 5.88 Å². The van der Waals surface area contributed by atoms with E-state index in [1.54, 1.807) is 12.1 Å². The minimum Gasteiger partial charge on any atom is -0.419 e. The van der Waals surface area contributed by atoms with E-state index in [0.717, 1.165) is 11.1 Å². The van der Waals surface area contributed by atoms with E-state index in [-0.39, 0.29) is 33.9 Å². The fourth-order valence-corrected chi connectivity index (χ4v) is 5.09. The highest BCUT2D eigenvalue weighted by molar-refractivity contribution is 7.91. The molecule has 0 aliphatic carbocycles. The molecule has 8 heteroatoms. The minimum atomic E-state index is -3.91. The molecule has 2 aromatic carbocycles. The van der Waals surface area contributed by atoms with Crippen molar-refractivity contribution in [3.8, 4) is 11.5 Å². The van der Waals surface area contributed by atoms with Gasteiger partial charge in [-0.25, -0.2) is 8.42 Å². The lowest BCUT2D eigenvalue weighted by molar-refractivity contribution is -0.00657. The third-order valence-electron chi connectivity index (χ3n) is 4.93. The molecule has 30 heavy (non-hydrogen) atoms. The number of morpholine rings is 1. The van der Waals surface area contributed by atoms with Gasteiger partial charge in [-0.15, -0.1) is 0 Å². The molecule has 4 rings (SSSR count). The maximum Gasteiger partial charge on any atom is 0.236 e. The number of rotatable bonds is 4. The summed E-state index contributed by atoms with van der Waals surface area (Å²) < 4.78 is 38.8. The first-order valence-electron chi connectivity index (χ1n) is 9.73. The minimum absolute atomic E-state index is 0.0626. The van der Waals surface area contributed by atoms with Crippen molar-refractivity contribution < 1.29 is 17.6 Å². The van der Waals surface area contributed by atoms with E-state index in [2.05, 4.69) is 4.98 Å². The second-order valence-corrected chi connectivity index (χ2v) is 9.92. The lowest BCUT2D eigenvalue weighted by atomic mass is 10.1. The van der Waals surface area contributed by atoms with Gasteiger partial charge in [0.15, 0.2) is 0 Å². The molecule has 0 saturated carbocycles. The number of oxazole rings is 1. The van der Waals surface area contributed by atoms with E-state index in [9.17, 15) is 8.42 Å². The van der Waals surface area contributed by atoms with Gasteiger partial charge in [-0.2, -0.15) is 4.98 Å². The molecule has 1 aliphatic rings. The number of aromatic nitrogens is 1. The van der Waals surface area contributed by atoms with Gasteiger partial charge in [-0.3, -0.25) is 0 Å². The third-order valence-corrected chi connectivity index (χ3v) is 6.85. The van der Waals surface area contributed by atoms with Crippen LogP contribution in [0.3, 0.4) is 0 Å². The first-order valence-corrected chi connectivity index (χ1v) is 11.6. The Hall–Kier alpha value is -2.35. The summed E-state index contributed by atoms with van der Waals surface area (Å²) in [6.45, 7) is 6.89. The zero-order valence-electron chi connectivity index (χ0n) is 17.0. The quantitative estimate of drug-likeness (QED) is 0.575. The average Bonchev–Trinajstić information content (AvgIpc) is 3.14. The van der Waals surface area contributed by atoms with Crippen molar-refractivity contribution in [2.75, 3.05) is 18.0 Å². The molecule has 0 radical (unpaired) electrons. The van der Waals surface area contributed by atoms with Gasteiger partial charge in [0.1, 0.15) is 0 Å². The SMILES string of the molecule is Cc1cccc(-c2nc(S(=O)(=O)c3ccc(Cl)cc3)c(N3C[C@@H](C)O[C@H](C)C3)o2)c1. The van der Waals surface area contributed by atoms with Crippen molar-refractivity contribution in [3.63, 3.8) is 0 Å². The molecule has 2 atom stereocenters. The van der Waals surface area contributed by atoms with Gasteiger partial charge in [0.2, 0.25) is 26.6 Å². The Labute approximate surface area is 181 Å². The molecular formula is C22H23ClN2O4S. The van der Waals surface area contributed by atoms with E-state index in [1.807, 2.05) is 49.9 Å². The molecule has 0 spiro atoms. The van der Waals surface area contributed by atoms with E-state index < -0.39 is 9.84 Å². The number of ether oxygens (including phenoxy) is 1. The fraction of sp³-hybridized carbons (Fsp3) is 0.318. The molecule has 1 aliphatic heterocycles. The summed E-state index contributed by atoms with van der Waals surface area (Å²) in [5.74, 6) is 0.511. The van der Waals surface area contributed by atoms with Crippen molar-refractivity contribution in [1.29, 1.82) is 0 Å². The Bertz CT molecular complexity index is 1150. The predicted octanol–water partition coefficient (Wildman–Crippen LogP) is 4.75. The van der Waals surface area contributed by atoms with Crippen LogP contribution in [0.25, 0.3) is 11.5 Å². The summed E-state index contributed by atoms with van der Waals surface area (Å²) in [7, 11) is -3.91. The molecule has 0 amide bonds. The molecular weight excluding hydrogens is 424 g/mol. The summed E-state index contributed by atoms with van der Waals surface area (Å²) in [5.41, 5.74) is 1.76. The number of anilines is 1. The van der Waals surface area contributed by atoms with Crippen LogP contribution < -0.4 is 4.90 Å². The van der Waals surface area contributed by atoms with Gasteiger partial charge in [0.05, 0.1) is 17.1 Å². The number of nitrogens with zero attached hydrogens (tertiary/aromatic N) is 2. The van der Waals surface area contributed by atoms with E-state index in [4.69, 9.17) is 20.8 Å². The van der Waals surface area contributed by atoms with Crippen LogP contribution in [-0.4, -0.2) is 38.7 Å². The van der Waals surface area contributed by atoms with Gasteiger partial charge in [-0.05, 0) is 57.2 Å². The van der Waals surface area contributed by atoms with Crippen LogP contribution in [0.2, 0.25) is 5.02 Å². The average molecular weight is 447 g/mol. The summed E-state index contributed by atoms with van der Waals surface area (Å²) in [6.07, 6.45) is -0.125. The summed E-state index contributed by atoms with van der Waals surface area (Å²) in [5, 5.41) is 0.369.